The van der Waals surface area contributed by atoms with E-state index in [-0.39, 0.29) is 150 Å². The molecule has 1 fully saturated rings. The van der Waals surface area contributed by atoms with Gasteiger partial charge < -0.3 is 54.0 Å². The van der Waals surface area contributed by atoms with Crippen LogP contribution in [0.25, 0.3) is 27.7 Å². The van der Waals surface area contributed by atoms with Crippen molar-refractivity contribution >= 4 is 75.0 Å². The summed E-state index contributed by atoms with van der Waals surface area (Å²) in [5.74, 6) is -3.54. The number of amides is 6. The van der Waals surface area contributed by atoms with E-state index in [1.54, 1.807) is 13.0 Å². The van der Waals surface area contributed by atoms with Crippen molar-refractivity contribution in [3.8, 4) is 11.1 Å². The number of ether oxygens (including phenoxy) is 3. The number of aryl methyl sites for hydroxylation is 2. The fraction of sp³-hybridized carbons (Fsp3) is 0.362. The second kappa shape index (κ2) is 31.1. The molecule has 19 heteroatoms. The molecule has 2 aliphatic rings. The molecule has 1 aromatic heterocycles. The Hall–Kier alpha value is -8.91. The van der Waals surface area contributed by atoms with Gasteiger partial charge >= 0.3 is 6.03 Å². The number of anilines is 2. The number of nitrogens with two attached hydrogens (primary N) is 2. The van der Waals surface area contributed by atoms with Crippen LogP contribution in [-0.4, -0.2) is 123 Å². The number of urea groups is 1. The van der Waals surface area contributed by atoms with Crippen LogP contribution in [0, 0.1) is 39.0 Å². The molecule has 3 heterocycles. The van der Waals surface area contributed by atoms with E-state index in [0.29, 0.717) is 29.9 Å². The fourth-order valence-electron chi connectivity index (χ4n) is 11.3. The summed E-state index contributed by atoms with van der Waals surface area (Å²) in [6.45, 7) is 11.6. The highest BCUT2D eigenvalue weighted by Gasteiger charge is 2.43. The quantitative estimate of drug-likeness (QED) is 0.00541. The number of carbonyl (C=O) groups excluding carboxylic acids is 8. The molecule has 8 rings (SSSR count). The molecule has 7 N–H and O–H groups in total. The fourth-order valence-corrected chi connectivity index (χ4v) is 11.3. The summed E-state index contributed by atoms with van der Waals surface area (Å²) in [5, 5.41) is 9.30. The molecule has 6 aromatic rings. The van der Waals surface area contributed by atoms with Gasteiger partial charge in [-0.15, -0.1) is 0 Å². The molecule has 4 atom stereocenters. The van der Waals surface area contributed by atoms with Crippen molar-refractivity contribution in [2.45, 2.75) is 85.4 Å². The highest BCUT2D eigenvalue weighted by atomic mass is 16.5. The number of rotatable bonds is 30. The van der Waals surface area contributed by atoms with Gasteiger partial charge in [0, 0.05) is 91.5 Å². The zero-order valence-electron chi connectivity index (χ0n) is 51.4. The van der Waals surface area contributed by atoms with Gasteiger partial charge in [-0.1, -0.05) is 99.6 Å². The maximum absolute atomic E-state index is 14.9. The number of hydrogen-bond acceptors (Lipinski definition) is 13. The van der Waals surface area contributed by atoms with Crippen molar-refractivity contribution in [2.75, 3.05) is 70.8 Å². The second-order valence-corrected chi connectivity index (χ2v) is 22.6. The van der Waals surface area contributed by atoms with Gasteiger partial charge in [0.25, 0.3) is 0 Å². The molecule has 2 unspecified atom stereocenters. The lowest BCUT2D eigenvalue weighted by molar-refractivity contribution is -0.668. The van der Waals surface area contributed by atoms with E-state index in [1.165, 1.54) is 4.90 Å². The first-order valence-electron chi connectivity index (χ1n) is 29.6. The van der Waals surface area contributed by atoms with E-state index < -0.39 is 29.8 Å². The molecular weight excluding hydrogens is 1120 g/mol. The molecular formula is C69H82N8O11. The Morgan fingerprint density at radius 3 is 2.08 bits per heavy atom. The third kappa shape index (κ3) is 16.4. The van der Waals surface area contributed by atoms with Gasteiger partial charge in [0.2, 0.25) is 34.9 Å². The van der Waals surface area contributed by atoms with E-state index in [4.69, 9.17) is 25.7 Å². The Morgan fingerprint density at radius 2 is 1.43 bits per heavy atom. The minimum absolute atomic E-state index is 0. The van der Waals surface area contributed by atoms with Crippen LogP contribution in [0.2, 0.25) is 0 Å². The van der Waals surface area contributed by atoms with E-state index in [1.807, 2.05) is 155 Å². The summed E-state index contributed by atoms with van der Waals surface area (Å²) in [5.41, 5.74) is 20.9. The summed E-state index contributed by atoms with van der Waals surface area (Å²) in [4.78, 5) is 109. The number of benzene rings is 5. The number of carbonyl (C=O) groups is 8. The van der Waals surface area contributed by atoms with Gasteiger partial charge in [-0.25, -0.2) is 4.79 Å². The number of ketones is 3. The Morgan fingerprint density at radius 1 is 0.773 bits per heavy atom. The number of imide groups is 1. The topological polar surface area (TPSA) is 263 Å². The van der Waals surface area contributed by atoms with Crippen molar-refractivity contribution in [1.82, 2.24) is 20.4 Å². The molecule has 0 radical (unpaired) electrons. The number of nitrogen functional groups attached to an aromatic ring is 1. The van der Waals surface area contributed by atoms with E-state index in [2.05, 4.69) is 26.6 Å². The first-order valence-corrected chi connectivity index (χ1v) is 29.6. The van der Waals surface area contributed by atoms with Crippen LogP contribution in [0.5, 0.6) is 0 Å². The summed E-state index contributed by atoms with van der Waals surface area (Å²) in [7, 11) is 1.84. The van der Waals surface area contributed by atoms with Crippen molar-refractivity contribution in [3.05, 3.63) is 174 Å². The van der Waals surface area contributed by atoms with Gasteiger partial charge in [0.1, 0.15) is 6.04 Å². The van der Waals surface area contributed by atoms with Crippen LogP contribution in [-0.2, 0) is 49.5 Å². The third-order valence-electron chi connectivity index (χ3n) is 16.0. The molecule has 19 nitrogen and oxygen atoms in total. The number of primary amides is 1. The molecule has 6 amide bonds. The third-order valence-corrected chi connectivity index (χ3v) is 16.0. The molecule has 5 aromatic carbocycles. The van der Waals surface area contributed by atoms with Gasteiger partial charge in [0.05, 0.1) is 69.2 Å². The van der Waals surface area contributed by atoms with E-state index >= 15 is 0 Å². The van der Waals surface area contributed by atoms with Crippen LogP contribution in [0.15, 0.2) is 133 Å². The number of aromatic nitrogens is 1. The second-order valence-electron chi connectivity index (χ2n) is 22.6. The predicted molar refractivity (Wildman–Crippen MR) is 338 cm³/mol. The standard InChI is InChI=1S/C68H78N8O11.CH3/c1-42(2)61(73-56(78)29-32-85-34-36-87-37-35-86-33-31-75-57(79)38-44(4)67(75)83)55(77)40-51(18-13-30-71-68(70)84)66(82)72-52-25-21-46(22-26-52)41-76-45(5)20-23-49-39-50(24-28-54(49)76)58-43(3)19-27-53(60(58)69)64(80)59-62(47-14-9-7-10-15-47)74(6)63(65(59)81)48-16-11-8-12-17-48;/h7-12,14-17,19-28,39,42,44,51,61,63H,13,18,29-38,40-41H2,1-6H3,(H6-,69,70,71,72,73,78,80,82,84);1H3/q;-1/p+1/t44?,51-,61+,63?;/m1./s1. The largest absolute Gasteiger partial charge is 0.398 e. The predicted octanol–water partition coefficient (Wildman–Crippen LogP) is 8.28. The Balaban J connectivity index is 0.0000110. The number of nitrogens with one attached hydrogen (secondary N) is 3. The molecule has 0 saturated carbocycles. The zero-order valence-corrected chi connectivity index (χ0v) is 51.4. The van der Waals surface area contributed by atoms with Crippen molar-refractivity contribution in [3.63, 3.8) is 0 Å². The molecule has 0 aliphatic carbocycles. The normalized spacial score (nSPS) is 15.6. The molecule has 0 spiro atoms. The molecule has 88 heavy (non-hydrogen) atoms. The highest BCUT2D eigenvalue weighted by molar-refractivity contribution is 6.35. The van der Waals surface area contributed by atoms with Crippen LogP contribution in [0.1, 0.15) is 97.2 Å². The molecule has 1 saturated heterocycles. The number of nitrogens with zero attached hydrogens (tertiary/aromatic N) is 3. The Kier molecular flexibility index (Phi) is 23.6. The lowest BCUT2D eigenvalue weighted by Gasteiger charge is -2.24. The molecule has 464 valence electrons. The van der Waals surface area contributed by atoms with E-state index in [9.17, 15) is 38.4 Å². The first kappa shape index (κ1) is 66.6. The van der Waals surface area contributed by atoms with Crippen molar-refractivity contribution in [2.24, 2.45) is 23.5 Å². The summed E-state index contributed by atoms with van der Waals surface area (Å²) in [6, 6.07) is 37.9. The summed E-state index contributed by atoms with van der Waals surface area (Å²) < 4.78 is 18.8. The average Bonchev–Trinajstić information content (AvgIpc) is 1.61. The molecule has 0 bridgehead atoms. The van der Waals surface area contributed by atoms with Crippen LogP contribution in [0.3, 0.4) is 0 Å². The summed E-state index contributed by atoms with van der Waals surface area (Å²) in [6.07, 6.45) is 0.689. The lowest BCUT2D eigenvalue weighted by atomic mass is 9.89. The monoisotopic (exact) mass is 1200 g/mol. The maximum atomic E-state index is 14.9. The van der Waals surface area contributed by atoms with Gasteiger partial charge in [-0.2, -0.15) is 4.57 Å². The minimum Gasteiger partial charge on any atom is -0.398 e. The van der Waals surface area contributed by atoms with E-state index in [0.717, 1.165) is 44.4 Å². The number of hydrogen-bond donors (Lipinski definition) is 5. The number of Topliss-reactive ketones (excluding diaryl/α,β-unsaturated/α-hetero) is 3. The Labute approximate surface area is 515 Å². The number of likely N-dealkylation sites (N-methyl/N-ethyl adjacent to an activating group) is 1. The molecule has 2 aliphatic heterocycles. The highest BCUT2D eigenvalue weighted by Crippen LogP contribution is 2.43. The van der Waals surface area contributed by atoms with Crippen molar-refractivity contribution in [1.29, 1.82) is 0 Å². The van der Waals surface area contributed by atoms with Crippen LogP contribution >= 0.6 is 0 Å². The zero-order chi connectivity index (χ0) is 62.3. The minimum atomic E-state index is -0.867. The van der Waals surface area contributed by atoms with Gasteiger partial charge in [-0.3, -0.25) is 38.5 Å². The average molecular weight is 1200 g/mol. The Bertz CT molecular complexity index is 3540. The smallest absolute Gasteiger partial charge is 0.312 e. The number of likely N-dealkylation sites (tertiary alicyclic amines) is 1. The summed E-state index contributed by atoms with van der Waals surface area (Å²) >= 11 is 0. The van der Waals surface area contributed by atoms with Crippen LogP contribution in [0.4, 0.5) is 16.2 Å². The first-order chi connectivity index (χ1) is 41.8. The van der Waals surface area contributed by atoms with Crippen molar-refractivity contribution < 1.29 is 57.1 Å². The van der Waals surface area contributed by atoms with Gasteiger partial charge in [0.15, 0.2) is 23.8 Å². The van der Waals surface area contributed by atoms with Crippen LogP contribution < -0.4 is 32.0 Å². The van der Waals surface area contributed by atoms with Gasteiger partial charge in [-0.05, 0) is 84.3 Å². The SMILES string of the molecule is Cc1ccc(C(=O)C2=C(c3ccccc3)N(C)C(c3ccccc3)C2=O)c(N)c1-c1ccc2c(ccc(C)[n+]2Cc2ccc(NC(=O)[C@H](CCCNC(N)=O)CC(=O)[C@@H](NC(=O)CCOCCOCCOCCN3C(=O)CC(C)C3=O)C(C)C)cc2)c1.[CH3-]. The number of fused-ring (bicyclic) bond motifs is 1. The maximum Gasteiger partial charge on any atom is 0.312 e. The lowest BCUT2D eigenvalue weighted by Crippen LogP contribution is -2.45. The number of pyridine rings is 1.